The molecule has 3 rings (SSSR count). The first-order valence-electron chi connectivity index (χ1n) is 8.02. The summed E-state index contributed by atoms with van der Waals surface area (Å²) in [6, 6.07) is 3.51. The van der Waals surface area contributed by atoms with Gasteiger partial charge < -0.3 is 4.42 Å². The van der Waals surface area contributed by atoms with E-state index < -0.39 is 23.7 Å². The van der Waals surface area contributed by atoms with Crippen molar-refractivity contribution in [1.82, 2.24) is 20.0 Å². The normalized spacial score (nSPS) is 19.8. The van der Waals surface area contributed by atoms with Crippen molar-refractivity contribution < 1.29 is 26.4 Å². The molecule has 0 bridgehead atoms. The number of hydrogen-bond donors (Lipinski definition) is 0. The lowest BCUT2D eigenvalue weighted by molar-refractivity contribution is -0.157. The largest absolute Gasteiger partial charge is 0.470 e. The van der Waals surface area contributed by atoms with Gasteiger partial charge in [0.2, 0.25) is 5.89 Å². The Labute approximate surface area is 146 Å². The van der Waals surface area contributed by atoms with Crippen molar-refractivity contribution in [2.45, 2.75) is 32.2 Å². The lowest BCUT2D eigenvalue weighted by atomic mass is 10.1. The average molecular weight is 376 g/mol. The van der Waals surface area contributed by atoms with Gasteiger partial charge in [0.25, 0.3) is 0 Å². The van der Waals surface area contributed by atoms with E-state index in [0.717, 1.165) is 6.07 Å². The minimum atomic E-state index is -4.66. The van der Waals surface area contributed by atoms with Crippen molar-refractivity contribution in [3.63, 3.8) is 0 Å². The van der Waals surface area contributed by atoms with E-state index >= 15 is 0 Å². The fraction of sp³-hybridized carbons (Fsp3) is 0.500. The first-order valence-corrected chi connectivity index (χ1v) is 8.02. The predicted molar refractivity (Wildman–Crippen MR) is 80.8 cm³/mol. The third-order valence-electron chi connectivity index (χ3n) is 4.31. The summed E-state index contributed by atoms with van der Waals surface area (Å²) in [5, 5.41) is 6.44. The number of aromatic nitrogens is 2. The van der Waals surface area contributed by atoms with Gasteiger partial charge in [0.15, 0.2) is 0 Å². The molecule has 0 spiro atoms. The van der Waals surface area contributed by atoms with Crippen molar-refractivity contribution in [2.24, 2.45) is 0 Å². The summed E-state index contributed by atoms with van der Waals surface area (Å²) in [6.45, 7) is 4.07. The zero-order valence-electron chi connectivity index (χ0n) is 13.9. The fourth-order valence-corrected chi connectivity index (χ4v) is 2.94. The first kappa shape index (κ1) is 18.7. The van der Waals surface area contributed by atoms with Crippen molar-refractivity contribution in [1.29, 1.82) is 0 Å². The Morgan fingerprint density at radius 3 is 2.54 bits per heavy atom. The van der Waals surface area contributed by atoms with E-state index in [1.807, 2.05) is 16.7 Å². The molecule has 26 heavy (non-hydrogen) atoms. The second kappa shape index (κ2) is 7.28. The van der Waals surface area contributed by atoms with E-state index in [1.54, 1.807) is 0 Å². The molecule has 1 aliphatic heterocycles. The summed E-state index contributed by atoms with van der Waals surface area (Å²) in [5.41, 5.74) is 0.401. The second-order valence-corrected chi connectivity index (χ2v) is 6.29. The van der Waals surface area contributed by atoms with Crippen LogP contribution in [0, 0.1) is 11.6 Å². The SMILES string of the molecule is CC1CN(Cc2nnc(C(F)(F)F)o2)CCN1Cc1ccc(F)cc1F. The van der Waals surface area contributed by atoms with Crippen LogP contribution in [-0.2, 0) is 19.3 Å². The molecule has 1 aromatic heterocycles. The van der Waals surface area contributed by atoms with Gasteiger partial charge in [-0.3, -0.25) is 9.80 Å². The minimum Gasteiger partial charge on any atom is -0.416 e. The molecular formula is C16H17F5N4O. The molecule has 1 aromatic carbocycles. The summed E-state index contributed by atoms with van der Waals surface area (Å²) >= 11 is 0. The summed E-state index contributed by atoms with van der Waals surface area (Å²) in [5.74, 6) is -2.67. The summed E-state index contributed by atoms with van der Waals surface area (Å²) in [4.78, 5) is 3.93. The quantitative estimate of drug-likeness (QED) is 0.768. The van der Waals surface area contributed by atoms with Crippen LogP contribution in [0.25, 0.3) is 0 Å². The maximum absolute atomic E-state index is 13.8. The Kier molecular flexibility index (Phi) is 5.24. The van der Waals surface area contributed by atoms with Crippen LogP contribution < -0.4 is 0 Å². The van der Waals surface area contributed by atoms with Gasteiger partial charge in [0.1, 0.15) is 11.6 Å². The zero-order valence-corrected chi connectivity index (χ0v) is 13.9. The number of nitrogens with zero attached hydrogens (tertiary/aromatic N) is 4. The van der Waals surface area contributed by atoms with Crippen LogP contribution in [0.5, 0.6) is 0 Å². The molecule has 1 saturated heterocycles. The number of benzene rings is 1. The molecule has 0 aliphatic carbocycles. The highest BCUT2D eigenvalue weighted by atomic mass is 19.4. The third kappa shape index (κ3) is 4.36. The standard InChI is InChI=1S/C16H17F5N4O/c1-10-7-24(9-14-22-23-15(26-14)16(19,20)21)4-5-25(10)8-11-2-3-12(17)6-13(11)18/h2-3,6,10H,4-5,7-9H2,1H3. The van der Waals surface area contributed by atoms with E-state index in [-0.39, 0.29) is 18.5 Å². The van der Waals surface area contributed by atoms with Crippen molar-refractivity contribution >= 4 is 0 Å². The van der Waals surface area contributed by atoms with Crippen LogP contribution in [-0.4, -0.2) is 45.7 Å². The number of rotatable bonds is 4. The molecule has 0 amide bonds. The molecule has 1 aliphatic rings. The van der Waals surface area contributed by atoms with Crippen molar-refractivity contribution in [3.05, 3.63) is 47.2 Å². The smallest absolute Gasteiger partial charge is 0.416 e. The van der Waals surface area contributed by atoms with Crippen LogP contribution in [0.4, 0.5) is 22.0 Å². The number of alkyl halides is 3. The lowest BCUT2D eigenvalue weighted by Gasteiger charge is -2.39. The molecule has 142 valence electrons. The van der Waals surface area contributed by atoms with Crippen LogP contribution in [0.2, 0.25) is 0 Å². The molecule has 5 nitrogen and oxygen atoms in total. The molecule has 1 atom stereocenters. The Bertz CT molecular complexity index is 763. The van der Waals surface area contributed by atoms with Crippen molar-refractivity contribution in [3.8, 4) is 0 Å². The zero-order chi connectivity index (χ0) is 18.9. The fourth-order valence-electron chi connectivity index (χ4n) is 2.94. The van der Waals surface area contributed by atoms with Crippen LogP contribution in [0.3, 0.4) is 0 Å². The molecule has 0 N–H and O–H groups in total. The van der Waals surface area contributed by atoms with Gasteiger partial charge in [0.05, 0.1) is 6.54 Å². The van der Waals surface area contributed by atoms with E-state index in [1.165, 1.54) is 12.1 Å². The van der Waals surface area contributed by atoms with Crippen LogP contribution in [0.1, 0.15) is 24.3 Å². The maximum atomic E-state index is 13.8. The molecule has 10 heteroatoms. The first-order chi connectivity index (χ1) is 12.2. The van der Waals surface area contributed by atoms with Gasteiger partial charge >= 0.3 is 12.1 Å². The minimum absolute atomic E-state index is 0.0261. The molecule has 1 fully saturated rings. The Hall–Kier alpha value is -2.07. The average Bonchev–Trinajstić information content (AvgIpc) is 3.01. The molecule has 0 radical (unpaired) electrons. The van der Waals surface area contributed by atoms with Gasteiger partial charge in [-0.05, 0) is 13.0 Å². The molecule has 2 aromatic rings. The summed E-state index contributed by atoms with van der Waals surface area (Å²) in [7, 11) is 0. The Morgan fingerprint density at radius 1 is 1.15 bits per heavy atom. The summed E-state index contributed by atoms with van der Waals surface area (Å²) < 4.78 is 68.9. The van der Waals surface area contributed by atoms with E-state index in [9.17, 15) is 22.0 Å². The third-order valence-corrected chi connectivity index (χ3v) is 4.31. The van der Waals surface area contributed by atoms with Gasteiger partial charge in [-0.25, -0.2) is 8.78 Å². The van der Waals surface area contributed by atoms with Crippen LogP contribution >= 0.6 is 0 Å². The van der Waals surface area contributed by atoms with E-state index in [4.69, 9.17) is 0 Å². The molecule has 0 saturated carbocycles. The number of halogens is 5. The topological polar surface area (TPSA) is 45.4 Å². The summed E-state index contributed by atoms with van der Waals surface area (Å²) in [6.07, 6.45) is -4.66. The number of piperazine rings is 1. The van der Waals surface area contributed by atoms with Gasteiger partial charge in [-0.1, -0.05) is 6.07 Å². The number of hydrogen-bond acceptors (Lipinski definition) is 5. The van der Waals surface area contributed by atoms with Gasteiger partial charge in [0, 0.05) is 43.9 Å². The highest BCUT2D eigenvalue weighted by Crippen LogP contribution is 2.28. The lowest BCUT2D eigenvalue weighted by Crippen LogP contribution is -2.51. The second-order valence-electron chi connectivity index (χ2n) is 6.29. The van der Waals surface area contributed by atoms with Crippen LogP contribution in [0.15, 0.2) is 22.6 Å². The monoisotopic (exact) mass is 376 g/mol. The van der Waals surface area contributed by atoms with Gasteiger partial charge in [-0.15, -0.1) is 10.2 Å². The Balaban J connectivity index is 1.57. The van der Waals surface area contributed by atoms with Gasteiger partial charge in [-0.2, -0.15) is 13.2 Å². The predicted octanol–water partition coefficient (Wildman–Crippen LogP) is 3.07. The molecular weight excluding hydrogens is 359 g/mol. The van der Waals surface area contributed by atoms with E-state index in [2.05, 4.69) is 14.6 Å². The Morgan fingerprint density at radius 2 is 1.92 bits per heavy atom. The molecule has 1 unspecified atom stereocenters. The van der Waals surface area contributed by atoms with E-state index in [0.29, 0.717) is 31.7 Å². The highest BCUT2D eigenvalue weighted by molar-refractivity contribution is 5.18. The molecule has 2 heterocycles. The highest BCUT2D eigenvalue weighted by Gasteiger charge is 2.38. The van der Waals surface area contributed by atoms with Crippen molar-refractivity contribution in [2.75, 3.05) is 19.6 Å². The maximum Gasteiger partial charge on any atom is 0.470 e.